The van der Waals surface area contributed by atoms with Crippen LogP contribution in [0.25, 0.3) is 22.3 Å². The maximum Gasteiger partial charge on any atom is 0.0369 e. The van der Waals surface area contributed by atoms with Crippen molar-refractivity contribution in [1.29, 1.82) is 0 Å². The van der Waals surface area contributed by atoms with Crippen LogP contribution in [0.1, 0.15) is 62.1 Å². The lowest BCUT2D eigenvalue weighted by Gasteiger charge is -2.15. The summed E-state index contributed by atoms with van der Waals surface area (Å²) in [5.41, 5.74) is 17.3. The summed E-state index contributed by atoms with van der Waals surface area (Å²) < 4.78 is 0. The van der Waals surface area contributed by atoms with Crippen LogP contribution in [0.4, 0.5) is 0 Å². The summed E-state index contributed by atoms with van der Waals surface area (Å²) >= 11 is 4.65. The molecule has 0 aliphatic heterocycles. The lowest BCUT2D eigenvalue weighted by molar-refractivity contribution is 0.665. The van der Waals surface area contributed by atoms with Gasteiger partial charge in [0, 0.05) is 29.9 Å². The van der Waals surface area contributed by atoms with E-state index in [4.69, 9.17) is 10.7 Å². The molecule has 3 aromatic carbocycles. The van der Waals surface area contributed by atoms with Gasteiger partial charge in [-0.2, -0.15) is 0 Å². The zero-order valence-corrected chi connectivity index (χ0v) is 23.9. The number of thiol groups is 1. The van der Waals surface area contributed by atoms with Crippen molar-refractivity contribution in [3.8, 4) is 22.3 Å². The van der Waals surface area contributed by atoms with Crippen molar-refractivity contribution in [3.63, 3.8) is 0 Å². The molecule has 3 nitrogen and oxygen atoms in total. The molecule has 1 unspecified atom stereocenters. The Balaban J connectivity index is 1.59. The van der Waals surface area contributed by atoms with Crippen molar-refractivity contribution in [1.82, 2.24) is 5.32 Å². The third-order valence-corrected chi connectivity index (χ3v) is 7.76. The molecule has 0 bridgehead atoms. The molecule has 0 amide bonds. The van der Waals surface area contributed by atoms with Crippen molar-refractivity contribution in [3.05, 3.63) is 101 Å². The molecule has 4 rings (SSSR count). The van der Waals surface area contributed by atoms with Crippen LogP contribution in [0.3, 0.4) is 0 Å². The van der Waals surface area contributed by atoms with Gasteiger partial charge in [0.15, 0.2) is 0 Å². The van der Waals surface area contributed by atoms with E-state index in [9.17, 15) is 0 Å². The smallest absolute Gasteiger partial charge is 0.0369 e. The van der Waals surface area contributed by atoms with Gasteiger partial charge in [-0.15, -0.1) is 12.6 Å². The van der Waals surface area contributed by atoms with Crippen molar-refractivity contribution in [2.24, 2.45) is 10.7 Å². The lowest BCUT2D eigenvalue weighted by Crippen LogP contribution is -2.11. The van der Waals surface area contributed by atoms with E-state index in [1.807, 2.05) is 7.05 Å². The zero-order valence-electron chi connectivity index (χ0n) is 23.0. The molecule has 4 heteroatoms. The molecule has 0 heterocycles. The normalized spacial score (nSPS) is 15.9. The number of rotatable bonds is 11. The van der Waals surface area contributed by atoms with Crippen molar-refractivity contribution >= 4 is 18.8 Å². The predicted molar refractivity (Wildman–Crippen MR) is 167 cm³/mol. The van der Waals surface area contributed by atoms with Crippen LogP contribution < -0.4 is 11.1 Å². The molecule has 0 aromatic heterocycles. The number of benzene rings is 3. The van der Waals surface area contributed by atoms with E-state index in [0.717, 1.165) is 42.7 Å². The monoisotopic (exact) mass is 523 g/mol. The van der Waals surface area contributed by atoms with E-state index in [1.54, 1.807) is 0 Å². The highest BCUT2D eigenvalue weighted by Crippen LogP contribution is 2.42. The minimum Gasteiger partial charge on any atom is -0.326 e. The van der Waals surface area contributed by atoms with E-state index in [2.05, 4.69) is 111 Å². The molecule has 3 N–H and O–H groups in total. The molecule has 0 fully saturated rings. The van der Waals surface area contributed by atoms with Crippen molar-refractivity contribution < 1.29 is 0 Å². The van der Waals surface area contributed by atoms with Gasteiger partial charge in [0.25, 0.3) is 0 Å². The number of allylic oxidation sites excluding steroid dienone is 3. The number of fused-ring (bicyclic) bond motifs is 1. The molecule has 198 valence electrons. The standard InChI is InChI=1S/C34H41N3S/c1-4-8-24(22-36-3)23-37-30(9-5-2)19-28-16-17-33-31(12-7-13-32(28)33)27-11-6-10-25(18-27)26-14-15-29(21-35)34(38)20-26/h6-15,18,20,23,28,36,38H,4-5,16-17,19,21-22,35H2,1-3H3/b24-8-,30-9-,37-23-. The summed E-state index contributed by atoms with van der Waals surface area (Å²) in [5, 5.41) is 3.25. The van der Waals surface area contributed by atoms with Gasteiger partial charge in [0.05, 0.1) is 0 Å². The number of likely N-dealkylation sites (N-methyl/N-ethyl adjacent to an activating group) is 1. The van der Waals surface area contributed by atoms with Gasteiger partial charge in [0.1, 0.15) is 0 Å². The first-order valence-corrected chi connectivity index (χ1v) is 14.3. The molecule has 3 aromatic rings. The quantitative estimate of drug-likeness (QED) is 0.176. The molecule has 0 saturated carbocycles. The van der Waals surface area contributed by atoms with E-state index < -0.39 is 0 Å². The third kappa shape index (κ3) is 6.74. The van der Waals surface area contributed by atoms with Gasteiger partial charge in [-0.25, -0.2) is 0 Å². The number of hydrogen-bond acceptors (Lipinski definition) is 4. The molecular weight excluding hydrogens is 482 g/mol. The van der Waals surface area contributed by atoms with Crippen LogP contribution in [0.15, 0.2) is 94.0 Å². The summed E-state index contributed by atoms with van der Waals surface area (Å²) in [7, 11) is 1.98. The van der Waals surface area contributed by atoms with E-state index >= 15 is 0 Å². The average molecular weight is 524 g/mol. The van der Waals surface area contributed by atoms with Gasteiger partial charge >= 0.3 is 0 Å². The van der Waals surface area contributed by atoms with E-state index in [0.29, 0.717) is 12.5 Å². The van der Waals surface area contributed by atoms with Gasteiger partial charge in [-0.3, -0.25) is 4.99 Å². The second-order valence-corrected chi connectivity index (χ2v) is 10.5. The Kier molecular flexibility index (Phi) is 10.2. The SMILES string of the molecule is CC\C=C(/C=N\C(=C/CC)CC1CCc2c(-c3cccc(-c4ccc(CN)c(S)c4)c3)cccc21)CNC. The highest BCUT2D eigenvalue weighted by atomic mass is 32.1. The number of hydrogen-bond donors (Lipinski definition) is 3. The molecule has 38 heavy (non-hydrogen) atoms. The molecule has 1 atom stereocenters. The maximum absolute atomic E-state index is 5.84. The Hall–Kier alpha value is -2.92. The van der Waals surface area contributed by atoms with E-state index in [1.165, 1.54) is 51.1 Å². The highest BCUT2D eigenvalue weighted by Gasteiger charge is 2.25. The molecule has 0 spiro atoms. The number of nitrogens with zero attached hydrogens (tertiary/aromatic N) is 1. The van der Waals surface area contributed by atoms with Crippen LogP contribution in [0.2, 0.25) is 0 Å². The summed E-state index contributed by atoms with van der Waals surface area (Å²) in [5.74, 6) is 0.501. The third-order valence-electron chi connectivity index (χ3n) is 7.35. The van der Waals surface area contributed by atoms with Gasteiger partial charge in [0.2, 0.25) is 0 Å². The Morgan fingerprint density at radius 2 is 1.76 bits per heavy atom. The molecule has 1 aliphatic carbocycles. The summed E-state index contributed by atoms with van der Waals surface area (Å²) in [4.78, 5) is 5.89. The van der Waals surface area contributed by atoms with Gasteiger partial charge < -0.3 is 11.1 Å². The Morgan fingerprint density at radius 3 is 2.50 bits per heavy atom. The minimum atomic E-state index is 0.501. The van der Waals surface area contributed by atoms with Crippen LogP contribution in [0.5, 0.6) is 0 Å². The summed E-state index contributed by atoms with van der Waals surface area (Å²) in [6.45, 7) is 5.71. The first-order chi connectivity index (χ1) is 18.6. The Bertz CT molecular complexity index is 1340. The average Bonchev–Trinajstić information content (AvgIpc) is 3.35. The van der Waals surface area contributed by atoms with Crippen LogP contribution in [-0.2, 0) is 13.0 Å². The zero-order chi connectivity index (χ0) is 26.9. The fourth-order valence-electron chi connectivity index (χ4n) is 5.48. The summed E-state index contributed by atoms with van der Waals surface area (Å²) in [6, 6.07) is 22.1. The fraction of sp³-hybridized carbons (Fsp3) is 0.324. The topological polar surface area (TPSA) is 50.4 Å². The van der Waals surface area contributed by atoms with Gasteiger partial charge in [-0.05, 0) is 102 Å². The lowest BCUT2D eigenvalue weighted by atomic mass is 9.91. The van der Waals surface area contributed by atoms with Crippen molar-refractivity contribution in [2.75, 3.05) is 13.6 Å². The molecule has 0 saturated heterocycles. The minimum absolute atomic E-state index is 0.501. The van der Waals surface area contributed by atoms with E-state index in [-0.39, 0.29) is 0 Å². The largest absolute Gasteiger partial charge is 0.326 e. The maximum atomic E-state index is 5.84. The van der Waals surface area contributed by atoms with Crippen LogP contribution in [-0.4, -0.2) is 19.8 Å². The highest BCUT2D eigenvalue weighted by molar-refractivity contribution is 7.80. The predicted octanol–water partition coefficient (Wildman–Crippen LogP) is 8.11. The first kappa shape index (κ1) is 28.1. The number of aliphatic imine (C=N–C) groups is 1. The second-order valence-electron chi connectivity index (χ2n) is 10.0. The van der Waals surface area contributed by atoms with Crippen LogP contribution >= 0.6 is 12.6 Å². The summed E-state index contributed by atoms with van der Waals surface area (Å²) in [6.07, 6.45) is 11.9. The van der Waals surface area contributed by atoms with Crippen molar-refractivity contribution in [2.45, 2.75) is 63.3 Å². The Morgan fingerprint density at radius 1 is 1.00 bits per heavy atom. The Labute approximate surface area is 234 Å². The van der Waals surface area contributed by atoms with Crippen LogP contribution in [0, 0.1) is 0 Å². The molecular formula is C34H41N3S. The molecule has 0 radical (unpaired) electrons. The molecule has 1 aliphatic rings. The first-order valence-electron chi connectivity index (χ1n) is 13.9. The second kappa shape index (κ2) is 13.7. The van der Waals surface area contributed by atoms with Gasteiger partial charge in [-0.1, -0.05) is 74.5 Å². The fourth-order valence-corrected chi connectivity index (χ4v) is 5.79. The number of nitrogens with two attached hydrogens (primary N) is 1. The number of nitrogens with one attached hydrogen (secondary N) is 1.